The first-order valence-electron chi connectivity index (χ1n) is 10.2. The fourth-order valence-electron chi connectivity index (χ4n) is 2.99. The van der Waals surface area contributed by atoms with Crippen LogP contribution in [0.2, 0.25) is 0 Å². The molecule has 170 valence electrons. The van der Waals surface area contributed by atoms with E-state index in [4.69, 9.17) is 9.47 Å². The molecular formula is C22H25FN4O5. The highest BCUT2D eigenvalue weighted by atomic mass is 19.1. The maximum Gasteiger partial charge on any atom is 0.315 e. The molecule has 2 aromatic carbocycles. The van der Waals surface area contributed by atoms with Crippen LogP contribution in [0.25, 0.3) is 0 Å². The van der Waals surface area contributed by atoms with Gasteiger partial charge in [-0.3, -0.25) is 20.4 Å². The molecule has 0 saturated carbocycles. The van der Waals surface area contributed by atoms with Gasteiger partial charge < -0.3 is 20.1 Å². The van der Waals surface area contributed by atoms with Gasteiger partial charge in [-0.25, -0.2) is 9.18 Å². The summed E-state index contributed by atoms with van der Waals surface area (Å²) in [5, 5.41) is 5.18. The molecule has 2 aromatic rings. The number of hydrazine groups is 1. The highest BCUT2D eigenvalue weighted by molar-refractivity contribution is 5.89. The first-order valence-corrected chi connectivity index (χ1v) is 10.2. The number of amides is 4. The largest absolute Gasteiger partial charge is 0.485 e. The van der Waals surface area contributed by atoms with E-state index in [9.17, 15) is 18.8 Å². The third kappa shape index (κ3) is 6.34. The van der Waals surface area contributed by atoms with Gasteiger partial charge in [0.15, 0.2) is 11.5 Å². The molecule has 4 amide bonds. The predicted octanol–water partition coefficient (Wildman–Crippen LogP) is 1.78. The van der Waals surface area contributed by atoms with Crippen LogP contribution in [0.1, 0.15) is 25.3 Å². The summed E-state index contributed by atoms with van der Waals surface area (Å²) < 4.78 is 24.0. The van der Waals surface area contributed by atoms with Crippen molar-refractivity contribution >= 4 is 17.8 Å². The van der Waals surface area contributed by atoms with E-state index in [0.717, 1.165) is 0 Å². The van der Waals surface area contributed by atoms with Gasteiger partial charge in [0, 0.05) is 6.54 Å². The van der Waals surface area contributed by atoms with Crippen LogP contribution in [-0.2, 0) is 16.1 Å². The molecule has 0 bridgehead atoms. The number of rotatable bonds is 7. The van der Waals surface area contributed by atoms with E-state index in [-0.39, 0.29) is 19.0 Å². The summed E-state index contributed by atoms with van der Waals surface area (Å²) in [7, 11) is 0. The standard InChI is InChI=1S/C22H25FN4O5/c1-2-5-16(25-22(30)24-12-14-8-10-15(23)11-9-14)20(28)26-27-21(29)19-13-31-17-6-3-4-7-18(17)32-19/h3-4,6-11,16,19H,2,5,12-13H2,1H3,(H,26,28)(H,27,29)(H2,24,25,30). The molecule has 4 N–H and O–H groups in total. The van der Waals surface area contributed by atoms with E-state index < -0.39 is 30.0 Å². The van der Waals surface area contributed by atoms with Crippen LogP contribution in [0.15, 0.2) is 48.5 Å². The van der Waals surface area contributed by atoms with Crippen LogP contribution >= 0.6 is 0 Å². The summed E-state index contributed by atoms with van der Waals surface area (Å²) in [6, 6.07) is 11.2. The van der Waals surface area contributed by atoms with E-state index in [1.165, 1.54) is 12.1 Å². The summed E-state index contributed by atoms with van der Waals surface area (Å²) in [6.07, 6.45) is 0.0599. The third-order valence-electron chi connectivity index (χ3n) is 4.68. The molecule has 9 nitrogen and oxygen atoms in total. The average Bonchev–Trinajstić information content (AvgIpc) is 2.81. The topological polar surface area (TPSA) is 118 Å². The van der Waals surface area contributed by atoms with Gasteiger partial charge >= 0.3 is 6.03 Å². The SMILES string of the molecule is CCCC(NC(=O)NCc1ccc(F)cc1)C(=O)NNC(=O)C1COc2ccccc2O1. The summed E-state index contributed by atoms with van der Waals surface area (Å²) in [6.45, 7) is 2.03. The number of fused-ring (bicyclic) bond motifs is 1. The second-order valence-corrected chi connectivity index (χ2v) is 7.14. The first kappa shape index (κ1) is 22.9. The summed E-state index contributed by atoms with van der Waals surface area (Å²) in [5.41, 5.74) is 5.33. The molecule has 0 aromatic heterocycles. The number of hydrogen-bond donors (Lipinski definition) is 4. The number of para-hydroxylation sites is 2. The van der Waals surface area contributed by atoms with E-state index in [2.05, 4.69) is 21.5 Å². The van der Waals surface area contributed by atoms with Gasteiger partial charge in [-0.1, -0.05) is 37.6 Å². The fourth-order valence-corrected chi connectivity index (χ4v) is 2.99. The number of nitrogens with one attached hydrogen (secondary N) is 4. The Balaban J connectivity index is 1.46. The Morgan fingerprint density at radius 1 is 1.06 bits per heavy atom. The molecule has 0 spiro atoms. The second kappa shape index (κ2) is 11.0. The number of halogens is 1. The number of ether oxygens (including phenoxy) is 2. The molecular weight excluding hydrogens is 419 g/mol. The normalized spacial score (nSPS) is 15.2. The zero-order valence-corrected chi connectivity index (χ0v) is 17.5. The zero-order chi connectivity index (χ0) is 22.9. The lowest BCUT2D eigenvalue weighted by molar-refractivity contribution is -0.135. The van der Waals surface area contributed by atoms with E-state index in [1.54, 1.807) is 36.4 Å². The Morgan fingerprint density at radius 2 is 1.78 bits per heavy atom. The van der Waals surface area contributed by atoms with Crippen molar-refractivity contribution in [2.45, 2.75) is 38.5 Å². The lowest BCUT2D eigenvalue weighted by Gasteiger charge is -2.26. The Hall–Kier alpha value is -3.82. The van der Waals surface area contributed by atoms with Gasteiger partial charge in [0.2, 0.25) is 6.10 Å². The minimum absolute atomic E-state index is 0.00114. The Labute approximate surface area is 184 Å². The number of benzene rings is 2. The number of carbonyl (C=O) groups excluding carboxylic acids is 3. The molecule has 32 heavy (non-hydrogen) atoms. The van der Waals surface area contributed by atoms with Crippen molar-refractivity contribution in [2.24, 2.45) is 0 Å². The fraction of sp³-hybridized carbons (Fsp3) is 0.318. The van der Waals surface area contributed by atoms with Crippen molar-refractivity contribution in [3.8, 4) is 11.5 Å². The minimum Gasteiger partial charge on any atom is -0.485 e. The maximum absolute atomic E-state index is 13.0. The molecule has 3 rings (SSSR count). The molecule has 1 aliphatic rings. The lowest BCUT2D eigenvalue weighted by Crippen LogP contribution is -2.56. The van der Waals surface area contributed by atoms with Gasteiger partial charge in [-0.15, -0.1) is 0 Å². The molecule has 2 unspecified atom stereocenters. The van der Waals surface area contributed by atoms with Gasteiger partial charge in [-0.05, 0) is 36.2 Å². The zero-order valence-electron chi connectivity index (χ0n) is 17.5. The molecule has 10 heteroatoms. The van der Waals surface area contributed by atoms with Crippen molar-refractivity contribution in [3.63, 3.8) is 0 Å². The van der Waals surface area contributed by atoms with E-state index >= 15 is 0 Å². The number of urea groups is 1. The van der Waals surface area contributed by atoms with Crippen LogP contribution in [-0.4, -0.2) is 36.6 Å². The summed E-state index contributed by atoms with van der Waals surface area (Å²) in [4.78, 5) is 37.0. The Kier molecular flexibility index (Phi) is 7.85. The molecule has 2 atom stereocenters. The highest BCUT2D eigenvalue weighted by Crippen LogP contribution is 2.30. The molecule has 0 radical (unpaired) electrons. The summed E-state index contributed by atoms with van der Waals surface area (Å²) >= 11 is 0. The molecule has 0 aliphatic carbocycles. The van der Waals surface area contributed by atoms with E-state index in [0.29, 0.717) is 29.9 Å². The van der Waals surface area contributed by atoms with Crippen LogP contribution in [0.4, 0.5) is 9.18 Å². The van der Waals surface area contributed by atoms with Crippen molar-refractivity contribution in [1.82, 2.24) is 21.5 Å². The first-order chi connectivity index (χ1) is 15.5. The van der Waals surface area contributed by atoms with Gasteiger partial charge in [0.1, 0.15) is 18.5 Å². The van der Waals surface area contributed by atoms with Gasteiger partial charge in [-0.2, -0.15) is 0 Å². The Bertz CT molecular complexity index is 954. The monoisotopic (exact) mass is 444 g/mol. The number of hydrogen-bond acceptors (Lipinski definition) is 5. The molecule has 1 heterocycles. The Morgan fingerprint density at radius 3 is 2.50 bits per heavy atom. The van der Waals surface area contributed by atoms with Crippen molar-refractivity contribution in [3.05, 3.63) is 59.9 Å². The highest BCUT2D eigenvalue weighted by Gasteiger charge is 2.28. The average molecular weight is 444 g/mol. The van der Waals surface area contributed by atoms with Crippen LogP contribution in [0, 0.1) is 5.82 Å². The third-order valence-corrected chi connectivity index (χ3v) is 4.68. The summed E-state index contributed by atoms with van der Waals surface area (Å²) in [5.74, 6) is -0.541. The quantitative estimate of drug-likeness (QED) is 0.486. The van der Waals surface area contributed by atoms with E-state index in [1.807, 2.05) is 6.92 Å². The van der Waals surface area contributed by atoms with Gasteiger partial charge in [0.05, 0.1) is 0 Å². The number of carbonyl (C=O) groups is 3. The molecule has 0 fully saturated rings. The maximum atomic E-state index is 13.0. The van der Waals surface area contributed by atoms with Crippen LogP contribution in [0.5, 0.6) is 11.5 Å². The lowest BCUT2D eigenvalue weighted by atomic mass is 10.1. The molecule has 0 saturated heterocycles. The van der Waals surface area contributed by atoms with Crippen molar-refractivity contribution in [1.29, 1.82) is 0 Å². The van der Waals surface area contributed by atoms with Crippen LogP contribution < -0.4 is 31.0 Å². The smallest absolute Gasteiger partial charge is 0.315 e. The van der Waals surface area contributed by atoms with Gasteiger partial charge in [0.25, 0.3) is 11.8 Å². The van der Waals surface area contributed by atoms with Crippen molar-refractivity contribution in [2.75, 3.05) is 6.61 Å². The second-order valence-electron chi connectivity index (χ2n) is 7.14. The van der Waals surface area contributed by atoms with Crippen molar-refractivity contribution < 1.29 is 28.2 Å². The minimum atomic E-state index is -0.929. The predicted molar refractivity (Wildman–Crippen MR) is 113 cm³/mol. The molecule has 1 aliphatic heterocycles. The van der Waals surface area contributed by atoms with Crippen LogP contribution in [0.3, 0.4) is 0 Å².